The van der Waals surface area contributed by atoms with E-state index in [-0.39, 0.29) is 36.7 Å². The number of ketones is 1. The molecule has 1 aromatic rings. The molecule has 186 valence electrons. The van der Waals surface area contributed by atoms with Crippen LogP contribution in [0.3, 0.4) is 0 Å². The number of fused-ring (bicyclic) bond motifs is 7. The fraction of sp³-hybridized carbons (Fsp3) is 0.571. The second kappa shape index (κ2) is 7.02. The third-order valence-electron chi connectivity index (χ3n) is 10.7. The fourth-order valence-electron chi connectivity index (χ4n) is 8.97. The van der Waals surface area contributed by atoms with Crippen LogP contribution in [0.15, 0.2) is 54.1 Å². The number of para-hydroxylation sites is 1. The van der Waals surface area contributed by atoms with E-state index < -0.39 is 52.0 Å². The molecule has 1 saturated heterocycles. The Morgan fingerprint density at radius 1 is 1.14 bits per heavy atom. The highest BCUT2D eigenvalue weighted by Gasteiger charge is 2.78. The summed E-state index contributed by atoms with van der Waals surface area (Å²) in [5, 5.41) is 22.2. The molecule has 0 bridgehead atoms. The topological polar surface area (TPSA) is 77.8 Å². The van der Waals surface area contributed by atoms with Gasteiger partial charge in [0.05, 0.1) is 11.5 Å². The minimum Gasteiger partial charge on any atom is -0.481 e. The minimum atomic E-state index is -2.18. The van der Waals surface area contributed by atoms with Gasteiger partial charge in [0.2, 0.25) is 0 Å². The average molecular weight is 484 g/mol. The zero-order valence-electron chi connectivity index (χ0n) is 20.0. The lowest BCUT2D eigenvalue weighted by Crippen LogP contribution is -2.69. The van der Waals surface area contributed by atoms with Gasteiger partial charge in [0.1, 0.15) is 6.17 Å². The Labute approximate surface area is 203 Å². The highest BCUT2D eigenvalue weighted by molar-refractivity contribution is 6.01. The van der Waals surface area contributed by atoms with Gasteiger partial charge >= 0.3 is 5.97 Å². The van der Waals surface area contributed by atoms with Crippen molar-refractivity contribution in [2.45, 2.75) is 51.1 Å². The van der Waals surface area contributed by atoms with Crippen molar-refractivity contribution in [1.82, 2.24) is 0 Å². The molecule has 0 aromatic heterocycles. The second-order valence-corrected chi connectivity index (χ2v) is 11.8. The highest BCUT2D eigenvalue weighted by Crippen LogP contribution is 2.74. The molecule has 0 spiro atoms. The molecule has 1 heterocycles. The van der Waals surface area contributed by atoms with Crippen molar-refractivity contribution in [3.8, 4) is 0 Å². The predicted molar refractivity (Wildman–Crippen MR) is 126 cm³/mol. The zero-order chi connectivity index (χ0) is 25.0. The smallest absolute Gasteiger partial charge is 0.312 e. The number of aliphatic carboxylic acids is 1. The van der Waals surface area contributed by atoms with Gasteiger partial charge in [-0.2, -0.15) is 0 Å². The maximum Gasteiger partial charge on any atom is 0.312 e. The molecule has 35 heavy (non-hydrogen) atoms. The fourth-order valence-corrected chi connectivity index (χ4v) is 8.97. The first-order valence-electron chi connectivity index (χ1n) is 12.5. The standard InChI is InChI=1S/C28H31F2NO4/c1-25-9-8-18(32)11-21(25)22(29)12-20-19-10-16-14-31(17-6-4-3-5-7-17)15-27(16,24(34)35)26(19,2)13-23(33)28(20,25)30/h3-9,11,16,19-20,22-23,33H,10,12-15H2,1-2H3,(H,34,35). The van der Waals surface area contributed by atoms with Crippen LogP contribution in [0.25, 0.3) is 0 Å². The van der Waals surface area contributed by atoms with E-state index in [1.165, 1.54) is 18.2 Å². The number of rotatable bonds is 2. The summed E-state index contributed by atoms with van der Waals surface area (Å²) in [6.07, 6.45) is 1.18. The van der Waals surface area contributed by atoms with Crippen LogP contribution in [0, 0.1) is 34.0 Å². The van der Waals surface area contributed by atoms with Gasteiger partial charge < -0.3 is 15.1 Å². The second-order valence-electron chi connectivity index (χ2n) is 11.8. The number of aliphatic hydroxyl groups is 1. The monoisotopic (exact) mass is 483 g/mol. The van der Waals surface area contributed by atoms with Crippen LogP contribution in [0.5, 0.6) is 0 Å². The number of hydrogen-bond donors (Lipinski definition) is 2. The first kappa shape index (κ1) is 22.9. The van der Waals surface area contributed by atoms with Gasteiger partial charge in [-0.1, -0.05) is 31.2 Å². The number of halogens is 2. The number of carbonyl (C=O) groups excluding carboxylic acids is 1. The molecule has 3 saturated carbocycles. The Morgan fingerprint density at radius 3 is 2.54 bits per heavy atom. The summed E-state index contributed by atoms with van der Waals surface area (Å²) < 4.78 is 32.9. The van der Waals surface area contributed by atoms with Crippen LogP contribution in [-0.4, -0.2) is 53.0 Å². The first-order valence-corrected chi connectivity index (χ1v) is 12.5. The molecular weight excluding hydrogens is 452 g/mol. The maximum atomic E-state index is 17.3. The molecular formula is C28H31F2NO4. The molecule has 1 aromatic carbocycles. The lowest BCUT2D eigenvalue weighted by atomic mass is 9.43. The molecule has 0 radical (unpaired) electrons. The van der Waals surface area contributed by atoms with Gasteiger partial charge in [0.25, 0.3) is 0 Å². The van der Waals surface area contributed by atoms with E-state index in [4.69, 9.17) is 0 Å². The van der Waals surface area contributed by atoms with Gasteiger partial charge in [-0.15, -0.1) is 0 Å². The number of carbonyl (C=O) groups is 2. The normalized spacial score (nSPS) is 48.0. The number of carboxylic acids is 1. The zero-order valence-corrected chi connectivity index (χ0v) is 20.0. The summed E-state index contributed by atoms with van der Waals surface area (Å²) in [5.74, 6) is -2.78. The molecule has 9 atom stereocenters. The number of nitrogens with zero attached hydrogens (tertiary/aromatic N) is 1. The van der Waals surface area contributed by atoms with E-state index in [0.717, 1.165) is 5.69 Å². The Morgan fingerprint density at radius 2 is 1.86 bits per heavy atom. The summed E-state index contributed by atoms with van der Waals surface area (Å²) >= 11 is 0. The SMILES string of the molecule is CC12C=CC(=O)C=C1C(F)CC1C3CC4CN(c5ccccc5)CC4(C(=O)O)C3(C)CC(O)C12F. The molecule has 0 amide bonds. The van der Waals surface area contributed by atoms with Gasteiger partial charge in [-0.3, -0.25) is 9.59 Å². The van der Waals surface area contributed by atoms with Crippen LogP contribution in [0.2, 0.25) is 0 Å². The third-order valence-corrected chi connectivity index (χ3v) is 10.7. The number of aliphatic hydroxyl groups excluding tert-OH is 1. The van der Waals surface area contributed by atoms with E-state index in [2.05, 4.69) is 4.90 Å². The number of alkyl halides is 2. The maximum absolute atomic E-state index is 17.3. The van der Waals surface area contributed by atoms with Crippen molar-refractivity contribution in [3.63, 3.8) is 0 Å². The Hall–Kier alpha value is -2.54. The van der Waals surface area contributed by atoms with Gasteiger partial charge in [0.15, 0.2) is 11.5 Å². The summed E-state index contributed by atoms with van der Waals surface area (Å²) in [5.41, 5.74) is -4.67. The third kappa shape index (κ3) is 2.55. The van der Waals surface area contributed by atoms with Crippen molar-refractivity contribution >= 4 is 17.4 Å². The highest BCUT2D eigenvalue weighted by atomic mass is 19.1. The van der Waals surface area contributed by atoms with Crippen molar-refractivity contribution in [2.75, 3.05) is 18.0 Å². The van der Waals surface area contributed by atoms with Crippen molar-refractivity contribution in [1.29, 1.82) is 0 Å². The molecule has 1 aliphatic heterocycles. The molecule has 4 fully saturated rings. The Bertz CT molecular complexity index is 1170. The van der Waals surface area contributed by atoms with E-state index in [1.807, 2.05) is 37.3 Å². The van der Waals surface area contributed by atoms with Gasteiger partial charge in [-0.25, -0.2) is 8.78 Å². The number of anilines is 1. The summed E-state index contributed by atoms with van der Waals surface area (Å²) in [7, 11) is 0. The molecule has 7 heteroatoms. The molecule has 5 aliphatic rings. The average Bonchev–Trinajstić information content (AvgIpc) is 3.32. The van der Waals surface area contributed by atoms with E-state index in [9.17, 15) is 19.8 Å². The number of hydrogen-bond acceptors (Lipinski definition) is 4. The molecule has 9 unspecified atom stereocenters. The summed E-state index contributed by atoms with van der Waals surface area (Å²) in [6, 6.07) is 9.66. The van der Waals surface area contributed by atoms with Crippen LogP contribution in [0.1, 0.15) is 33.1 Å². The number of allylic oxidation sites excluding steroid dienone is 4. The van der Waals surface area contributed by atoms with Gasteiger partial charge in [-0.05, 0) is 73.3 Å². The number of benzene rings is 1. The van der Waals surface area contributed by atoms with E-state index in [1.54, 1.807) is 6.92 Å². The van der Waals surface area contributed by atoms with Crippen LogP contribution >= 0.6 is 0 Å². The molecule has 5 nitrogen and oxygen atoms in total. The van der Waals surface area contributed by atoms with Crippen LogP contribution < -0.4 is 4.90 Å². The quantitative estimate of drug-likeness (QED) is 0.662. The molecule has 2 N–H and O–H groups in total. The minimum absolute atomic E-state index is 0.0162. The van der Waals surface area contributed by atoms with E-state index in [0.29, 0.717) is 13.0 Å². The Balaban J connectivity index is 1.45. The van der Waals surface area contributed by atoms with Crippen molar-refractivity contribution < 1.29 is 28.6 Å². The summed E-state index contributed by atoms with van der Waals surface area (Å²) in [6.45, 7) is 4.26. The van der Waals surface area contributed by atoms with Crippen LogP contribution in [0.4, 0.5) is 14.5 Å². The van der Waals surface area contributed by atoms with Crippen LogP contribution in [-0.2, 0) is 9.59 Å². The van der Waals surface area contributed by atoms with Gasteiger partial charge in [0, 0.05) is 30.1 Å². The van der Waals surface area contributed by atoms with E-state index >= 15 is 8.78 Å². The lowest BCUT2D eigenvalue weighted by Gasteiger charge is -2.63. The Kier molecular flexibility index (Phi) is 4.60. The number of carboxylic acid groups (broad SMARTS) is 1. The van der Waals surface area contributed by atoms with Crippen molar-refractivity contribution in [2.24, 2.45) is 34.0 Å². The largest absolute Gasteiger partial charge is 0.481 e. The lowest BCUT2D eigenvalue weighted by molar-refractivity contribution is -0.214. The predicted octanol–water partition coefficient (Wildman–Crippen LogP) is 4.12. The first-order chi connectivity index (χ1) is 16.5. The summed E-state index contributed by atoms with van der Waals surface area (Å²) in [4.78, 5) is 27.1. The molecule has 4 aliphatic carbocycles. The molecule has 6 rings (SSSR count). The van der Waals surface area contributed by atoms with Crippen molar-refractivity contribution in [3.05, 3.63) is 54.1 Å².